The number of hydrogen-bond donors (Lipinski definition) is 2. The third-order valence-electron chi connectivity index (χ3n) is 4.55. The van der Waals surface area contributed by atoms with Gasteiger partial charge in [-0.2, -0.15) is 0 Å². The van der Waals surface area contributed by atoms with Gasteiger partial charge in [0.05, 0.1) is 13.7 Å². The molecule has 2 aliphatic carbocycles. The minimum absolute atomic E-state index is 0.142. The second kappa shape index (κ2) is 6.24. The van der Waals surface area contributed by atoms with Gasteiger partial charge in [0.2, 0.25) is 0 Å². The van der Waals surface area contributed by atoms with E-state index >= 15 is 0 Å². The summed E-state index contributed by atoms with van der Waals surface area (Å²) in [6.45, 7) is 0.200. The fourth-order valence-electron chi connectivity index (χ4n) is 3.24. The van der Waals surface area contributed by atoms with Crippen molar-refractivity contribution >= 4 is 0 Å². The van der Waals surface area contributed by atoms with Gasteiger partial charge in [0, 0.05) is 18.0 Å². The molecule has 0 radical (unpaired) electrons. The summed E-state index contributed by atoms with van der Waals surface area (Å²) in [6, 6.07) is 8.33. The van der Waals surface area contributed by atoms with Crippen LogP contribution in [0, 0.1) is 0 Å². The van der Waals surface area contributed by atoms with Gasteiger partial charge in [-0.3, -0.25) is 0 Å². The van der Waals surface area contributed by atoms with E-state index in [1.807, 2.05) is 24.3 Å². The Kier molecular flexibility index (Phi) is 4.36. The number of aliphatic hydroxyl groups is 1. The van der Waals surface area contributed by atoms with E-state index < -0.39 is 0 Å². The Morgan fingerprint density at radius 1 is 1.19 bits per heavy atom. The number of ether oxygens (including phenoxy) is 2. The molecular formula is C17H25NO3. The minimum atomic E-state index is -0.142. The van der Waals surface area contributed by atoms with Crippen molar-refractivity contribution in [2.24, 2.45) is 0 Å². The first-order chi connectivity index (χ1) is 10.2. The molecule has 2 atom stereocenters. The van der Waals surface area contributed by atoms with Crippen molar-refractivity contribution in [2.75, 3.05) is 13.7 Å². The molecule has 0 bridgehead atoms. The highest BCUT2D eigenvalue weighted by molar-refractivity contribution is 5.31. The standard InChI is InChI=1S/C17H25NO3/c1-20-14-6-8-15(9-7-14)21-16-3-2-10-17(11-16,12-19)18-13-4-5-13/h6-9,13,16,18-19H,2-5,10-12H2,1H3. The third-order valence-corrected chi connectivity index (χ3v) is 4.55. The number of hydrogen-bond acceptors (Lipinski definition) is 4. The maximum absolute atomic E-state index is 9.84. The molecule has 0 amide bonds. The molecule has 116 valence electrons. The first-order valence-electron chi connectivity index (χ1n) is 7.92. The SMILES string of the molecule is COc1ccc(OC2CCCC(CO)(NC3CC3)C2)cc1. The highest BCUT2D eigenvalue weighted by Crippen LogP contribution is 2.34. The van der Waals surface area contributed by atoms with Crippen LogP contribution in [0.2, 0.25) is 0 Å². The van der Waals surface area contributed by atoms with Crippen LogP contribution in [0.3, 0.4) is 0 Å². The molecule has 1 aromatic rings. The van der Waals surface area contributed by atoms with Crippen molar-refractivity contribution in [1.82, 2.24) is 5.32 Å². The van der Waals surface area contributed by atoms with Gasteiger partial charge < -0.3 is 19.9 Å². The lowest BCUT2D eigenvalue weighted by molar-refractivity contribution is 0.0497. The predicted molar refractivity (Wildman–Crippen MR) is 81.9 cm³/mol. The van der Waals surface area contributed by atoms with Crippen LogP contribution in [0.5, 0.6) is 11.5 Å². The highest BCUT2D eigenvalue weighted by Gasteiger charge is 2.40. The summed E-state index contributed by atoms with van der Waals surface area (Å²) >= 11 is 0. The van der Waals surface area contributed by atoms with E-state index in [9.17, 15) is 5.11 Å². The van der Waals surface area contributed by atoms with E-state index in [1.165, 1.54) is 12.8 Å². The molecule has 21 heavy (non-hydrogen) atoms. The van der Waals surface area contributed by atoms with Crippen molar-refractivity contribution < 1.29 is 14.6 Å². The van der Waals surface area contributed by atoms with Crippen molar-refractivity contribution in [3.05, 3.63) is 24.3 Å². The first kappa shape index (κ1) is 14.7. The fourth-order valence-corrected chi connectivity index (χ4v) is 3.24. The van der Waals surface area contributed by atoms with Crippen LogP contribution in [0.1, 0.15) is 38.5 Å². The Balaban J connectivity index is 1.61. The normalized spacial score (nSPS) is 29.1. The van der Waals surface area contributed by atoms with Gasteiger partial charge in [0.15, 0.2) is 0 Å². The molecule has 3 rings (SSSR count). The quantitative estimate of drug-likeness (QED) is 0.845. The summed E-state index contributed by atoms with van der Waals surface area (Å²) in [7, 11) is 1.66. The van der Waals surface area contributed by atoms with Crippen LogP contribution in [0.25, 0.3) is 0 Å². The molecule has 2 saturated carbocycles. The summed E-state index contributed by atoms with van der Waals surface area (Å²) < 4.78 is 11.3. The molecule has 0 aromatic heterocycles. The Hall–Kier alpha value is -1.26. The molecule has 1 aromatic carbocycles. The summed E-state index contributed by atoms with van der Waals surface area (Å²) in [5, 5.41) is 13.5. The average molecular weight is 291 g/mol. The smallest absolute Gasteiger partial charge is 0.119 e. The summed E-state index contributed by atoms with van der Waals surface area (Å²) in [6.07, 6.45) is 6.73. The molecule has 0 aliphatic heterocycles. The van der Waals surface area contributed by atoms with Crippen LogP contribution in [0.15, 0.2) is 24.3 Å². The fraction of sp³-hybridized carbons (Fsp3) is 0.647. The highest BCUT2D eigenvalue weighted by atomic mass is 16.5. The van der Waals surface area contributed by atoms with Crippen molar-refractivity contribution in [2.45, 2.75) is 56.2 Å². The van der Waals surface area contributed by atoms with E-state index in [-0.39, 0.29) is 18.2 Å². The zero-order valence-corrected chi connectivity index (χ0v) is 12.7. The van der Waals surface area contributed by atoms with Crippen molar-refractivity contribution in [3.63, 3.8) is 0 Å². The molecule has 2 unspecified atom stereocenters. The Labute approximate surface area is 126 Å². The third kappa shape index (κ3) is 3.69. The van der Waals surface area contributed by atoms with Crippen LogP contribution in [0.4, 0.5) is 0 Å². The molecule has 2 N–H and O–H groups in total. The van der Waals surface area contributed by atoms with Gasteiger partial charge in [-0.1, -0.05) is 0 Å². The number of methoxy groups -OCH3 is 1. The summed E-state index contributed by atoms with van der Waals surface area (Å²) in [4.78, 5) is 0. The number of rotatable bonds is 6. The Bertz CT molecular complexity index is 458. The van der Waals surface area contributed by atoms with E-state index in [0.717, 1.165) is 37.2 Å². The summed E-state index contributed by atoms with van der Waals surface area (Å²) in [5.74, 6) is 1.71. The largest absolute Gasteiger partial charge is 0.497 e. The predicted octanol–water partition coefficient (Wildman–Crippen LogP) is 2.50. The maximum Gasteiger partial charge on any atom is 0.119 e. The first-order valence-corrected chi connectivity index (χ1v) is 7.92. The number of benzene rings is 1. The van der Waals surface area contributed by atoms with Crippen LogP contribution in [-0.2, 0) is 0 Å². The molecule has 0 heterocycles. The molecular weight excluding hydrogens is 266 g/mol. The van der Waals surface area contributed by atoms with Crippen molar-refractivity contribution in [1.29, 1.82) is 0 Å². The van der Waals surface area contributed by atoms with Crippen LogP contribution < -0.4 is 14.8 Å². The zero-order valence-electron chi connectivity index (χ0n) is 12.7. The van der Waals surface area contributed by atoms with Gasteiger partial charge in [-0.15, -0.1) is 0 Å². The van der Waals surface area contributed by atoms with Crippen LogP contribution >= 0.6 is 0 Å². The molecule has 2 fully saturated rings. The van der Waals surface area contributed by atoms with Crippen LogP contribution in [-0.4, -0.2) is 36.5 Å². The van der Waals surface area contributed by atoms with Gasteiger partial charge in [0.25, 0.3) is 0 Å². The van der Waals surface area contributed by atoms with E-state index in [0.29, 0.717) is 6.04 Å². The maximum atomic E-state index is 9.84. The topological polar surface area (TPSA) is 50.7 Å². The van der Waals surface area contributed by atoms with Gasteiger partial charge in [-0.25, -0.2) is 0 Å². The molecule has 2 aliphatic rings. The van der Waals surface area contributed by atoms with Gasteiger partial charge in [-0.05, 0) is 56.4 Å². The second-order valence-electron chi connectivity index (χ2n) is 6.37. The monoisotopic (exact) mass is 291 g/mol. The lowest BCUT2D eigenvalue weighted by Gasteiger charge is -2.40. The summed E-state index contributed by atoms with van der Waals surface area (Å²) in [5.41, 5.74) is -0.142. The van der Waals surface area contributed by atoms with Gasteiger partial charge >= 0.3 is 0 Å². The Morgan fingerprint density at radius 3 is 2.52 bits per heavy atom. The van der Waals surface area contributed by atoms with E-state index in [2.05, 4.69) is 5.32 Å². The molecule has 4 heteroatoms. The van der Waals surface area contributed by atoms with E-state index in [4.69, 9.17) is 9.47 Å². The number of aliphatic hydroxyl groups excluding tert-OH is 1. The molecule has 0 spiro atoms. The minimum Gasteiger partial charge on any atom is -0.497 e. The average Bonchev–Trinajstić information content (AvgIpc) is 3.32. The van der Waals surface area contributed by atoms with E-state index in [1.54, 1.807) is 7.11 Å². The van der Waals surface area contributed by atoms with Crippen molar-refractivity contribution in [3.8, 4) is 11.5 Å². The molecule has 4 nitrogen and oxygen atoms in total. The second-order valence-corrected chi connectivity index (χ2v) is 6.37. The Morgan fingerprint density at radius 2 is 1.90 bits per heavy atom. The zero-order chi connectivity index (χ0) is 14.7. The number of nitrogens with one attached hydrogen (secondary N) is 1. The lowest BCUT2D eigenvalue weighted by Crippen LogP contribution is -2.54. The van der Waals surface area contributed by atoms with Gasteiger partial charge in [0.1, 0.15) is 17.6 Å². The lowest BCUT2D eigenvalue weighted by atomic mass is 9.80. The molecule has 0 saturated heterocycles.